The minimum absolute atomic E-state index is 0.0302. The molecule has 166 valence electrons. The zero-order valence-electron chi connectivity index (χ0n) is 18.7. The highest BCUT2D eigenvalue weighted by molar-refractivity contribution is 5.95. The van der Waals surface area contributed by atoms with Gasteiger partial charge in [0.15, 0.2) is 11.5 Å². The first kappa shape index (κ1) is 21.7. The molecule has 31 heavy (non-hydrogen) atoms. The SMILES string of the molecule is COc1ccc(C(=O)NC2CC2)cc1OC1CCN(CC[C@H](C)c2ccccc2)CC1. The predicted molar refractivity (Wildman–Crippen MR) is 123 cm³/mol. The number of methoxy groups -OCH3 is 1. The van der Waals surface area contributed by atoms with Crippen LogP contribution in [0.3, 0.4) is 0 Å². The van der Waals surface area contributed by atoms with Gasteiger partial charge in [-0.25, -0.2) is 0 Å². The first-order valence-electron chi connectivity index (χ1n) is 11.5. The van der Waals surface area contributed by atoms with Crippen LogP contribution in [0.2, 0.25) is 0 Å². The molecule has 1 saturated heterocycles. The Morgan fingerprint density at radius 2 is 1.81 bits per heavy atom. The number of likely N-dealkylation sites (tertiary alicyclic amines) is 1. The number of benzene rings is 2. The minimum atomic E-state index is -0.0302. The van der Waals surface area contributed by atoms with Gasteiger partial charge in [0.1, 0.15) is 6.10 Å². The van der Waals surface area contributed by atoms with Crippen LogP contribution in [-0.4, -0.2) is 49.7 Å². The maximum atomic E-state index is 12.4. The van der Waals surface area contributed by atoms with Gasteiger partial charge in [-0.15, -0.1) is 0 Å². The number of piperidine rings is 1. The van der Waals surface area contributed by atoms with E-state index in [1.165, 1.54) is 12.0 Å². The molecule has 2 aromatic carbocycles. The molecule has 1 aliphatic carbocycles. The van der Waals surface area contributed by atoms with Crippen LogP contribution in [0.15, 0.2) is 48.5 Å². The van der Waals surface area contributed by atoms with Gasteiger partial charge in [0.05, 0.1) is 7.11 Å². The van der Waals surface area contributed by atoms with Gasteiger partial charge in [-0.1, -0.05) is 37.3 Å². The van der Waals surface area contributed by atoms with E-state index >= 15 is 0 Å². The fourth-order valence-electron chi connectivity index (χ4n) is 4.16. The van der Waals surface area contributed by atoms with Gasteiger partial charge in [-0.05, 0) is 68.3 Å². The molecular weight excluding hydrogens is 388 g/mol. The lowest BCUT2D eigenvalue weighted by atomic mass is 9.97. The molecule has 0 bridgehead atoms. The number of hydrogen-bond acceptors (Lipinski definition) is 4. The van der Waals surface area contributed by atoms with E-state index in [4.69, 9.17) is 9.47 Å². The Morgan fingerprint density at radius 3 is 2.48 bits per heavy atom. The van der Waals surface area contributed by atoms with Crippen molar-refractivity contribution in [3.63, 3.8) is 0 Å². The molecule has 0 radical (unpaired) electrons. The van der Waals surface area contributed by atoms with Crippen molar-refractivity contribution in [2.45, 2.75) is 57.1 Å². The second-order valence-corrected chi connectivity index (χ2v) is 8.87. The average molecular weight is 423 g/mol. The number of carbonyl (C=O) groups excluding carboxylic acids is 1. The van der Waals surface area contributed by atoms with Gasteiger partial charge in [-0.3, -0.25) is 4.79 Å². The van der Waals surface area contributed by atoms with Crippen LogP contribution in [0.1, 0.15) is 60.9 Å². The molecule has 0 unspecified atom stereocenters. The Bertz CT molecular complexity index is 858. The molecule has 2 aliphatic rings. The third-order valence-electron chi connectivity index (χ3n) is 6.41. The van der Waals surface area contributed by atoms with Crippen LogP contribution in [0.5, 0.6) is 11.5 Å². The lowest BCUT2D eigenvalue weighted by molar-refractivity contribution is 0.0932. The fourth-order valence-corrected chi connectivity index (χ4v) is 4.16. The zero-order chi connectivity index (χ0) is 21.6. The summed E-state index contributed by atoms with van der Waals surface area (Å²) in [5.74, 6) is 1.89. The highest BCUT2D eigenvalue weighted by Crippen LogP contribution is 2.31. The van der Waals surface area contributed by atoms with Crippen molar-refractivity contribution < 1.29 is 14.3 Å². The summed E-state index contributed by atoms with van der Waals surface area (Å²) < 4.78 is 11.8. The van der Waals surface area contributed by atoms with Gasteiger partial charge in [0.25, 0.3) is 5.91 Å². The third kappa shape index (κ3) is 6.01. The van der Waals surface area contributed by atoms with E-state index in [9.17, 15) is 4.79 Å². The number of ether oxygens (including phenoxy) is 2. The Labute approximate surface area is 185 Å². The summed E-state index contributed by atoms with van der Waals surface area (Å²) in [6, 6.07) is 16.6. The van der Waals surface area contributed by atoms with Crippen molar-refractivity contribution in [1.82, 2.24) is 10.2 Å². The topological polar surface area (TPSA) is 50.8 Å². The Kier molecular flexibility index (Phi) is 7.13. The maximum absolute atomic E-state index is 12.4. The summed E-state index contributed by atoms with van der Waals surface area (Å²) in [6.45, 7) is 5.50. The van der Waals surface area contributed by atoms with Gasteiger partial charge < -0.3 is 19.7 Å². The van der Waals surface area contributed by atoms with E-state index in [0.717, 1.165) is 45.3 Å². The van der Waals surface area contributed by atoms with Crippen molar-refractivity contribution in [2.24, 2.45) is 0 Å². The monoisotopic (exact) mass is 422 g/mol. The van der Waals surface area contributed by atoms with Crippen molar-refractivity contribution in [3.05, 3.63) is 59.7 Å². The van der Waals surface area contributed by atoms with Gasteiger partial charge in [0.2, 0.25) is 0 Å². The van der Waals surface area contributed by atoms with E-state index < -0.39 is 0 Å². The molecule has 0 aromatic heterocycles. The number of carbonyl (C=O) groups is 1. The Morgan fingerprint density at radius 1 is 1.06 bits per heavy atom. The molecule has 1 saturated carbocycles. The van der Waals surface area contributed by atoms with Gasteiger partial charge in [0, 0.05) is 24.7 Å². The van der Waals surface area contributed by atoms with E-state index in [2.05, 4.69) is 47.5 Å². The molecule has 4 rings (SSSR count). The fraction of sp³-hybridized carbons (Fsp3) is 0.500. The molecule has 1 heterocycles. The van der Waals surface area contributed by atoms with E-state index in [0.29, 0.717) is 29.0 Å². The first-order valence-corrected chi connectivity index (χ1v) is 11.5. The predicted octanol–water partition coefficient (Wildman–Crippen LogP) is 4.62. The van der Waals surface area contributed by atoms with Crippen molar-refractivity contribution in [2.75, 3.05) is 26.7 Å². The summed E-state index contributed by atoms with van der Waals surface area (Å²) in [7, 11) is 1.64. The largest absolute Gasteiger partial charge is 0.493 e. The molecule has 5 nitrogen and oxygen atoms in total. The minimum Gasteiger partial charge on any atom is -0.493 e. The van der Waals surface area contributed by atoms with Gasteiger partial charge >= 0.3 is 0 Å². The Hall–Kier alpha value is -2.53. The molecular formula is C26H34N2O3. The summed E-state index contributed by atoms with van der Waals surface area (Å²) in [4.78, 5) is 14.9. The molecule has 5 heteroatoms. The maximum Gasteiger partial charge on any atom is 0.251 e. The van der Waals surface area contributed by atoms with Gasteiger partial charge in [-0.2, -0.15) is 0 Å². The molecule has 1 atom stereocenters. The smallest absolute Gasteiger partial charge is 0.251 e. The normalized spacial score (nSPS) is 18.4. The Balaban J connectivity index is 1.27. The number of nitrogens with zero attached hydrogens (tertiary/aromatic N) is 1. The molecule has 2 fully saturated rings. The second-order valence-electron chi connectivity index (χ2n) is 8.87. The lowest BCUT2D eigenvalue weighted by Gasteiger charge is -2.33. The second kappa shape index (κ2) is 10.2. The molecule has 1 N–H and O–H groups in total. The lowest BCUT2D eigenvalue weighted by Crippen LogP contribution is -2.39. The van der Waals surface area contributed by atoms with Crippen molar-refractivity contribution >= 4 is 5.91 Å². The molecule has 1 aliphatic heterocycles. The number of amides is 1. The van der Waals surface area contributed by atoms with Crippen molar-refractivity contribution in [1.29, 1.82) is 0 Å². The highest BCUT2D eigenvalue weighted by atomic mass is 16.5. The average Bonchev–Trinajstić information content (AvgIpc) is 3.63. The van der Waals surface area contributed by atoms with E-state index in [1.807, 2.05) is 12.1 Å². The van der Waals surface area contributed by atoms with Crippen LogP contribution in [0.25, 0.3) is 0 Å². The van der Waals surface area contributed by atoms with Crippen LogP contribution >= 0.6 is 0 Å². The standard InChI is InChI=1S/C26H34N2O3/c1-19(20-6-4-3-5-7-20)12-15-28-16-13-23(14-17-28)31-25-18-21(8-11-24(25)30-2)26(29)27-22-9-10-22/h3-8,11,18-19,22-23H,9-10,12-17H2,1-2H3,(H,27,29)/t19-/m0/s1. The van der Waals surface area contributed by atoms with Crippen LogP contribution in [-0.2, 0) is 0 Å². The number of nitrogens with one attached hydrogen (secondary N) is 1. The zero-order valence-corrected chi connectivity index (χ0v) is 18.7. The summed E-state index contributed by atoms with van der Waals surface area (Å²) in [5.41, 5.74) is 2.05. The van der Waals surface area contributed by atoms with E-state index in [-0.39, 0.29) is 12.0 Å². The van der Waals surface area contributed by atoms with Crippen LogP contribution < -0.4 is 14.8 Å². The molecule has 1 amide bonds. The summed E-state index contributed by atoms with van der Waals surface area (Å²) >= 11 is 0. The number of hydrogen-bond donors (Lipinski definition) is 1. The molecule has 0 spiro atoms. The quantitative estimate of drug-likeness (QED) is 0.640. The molecule has 2 aromatic rings. The first-order chi connectivity index (χ1) is 15.1. The third-order valence-corrected chi connectivity index (χ3v) is 6.41. The highest BCUT2D eigenvalue weighted by Gasteiger charge is 2.25. The van der Waals surface area contributed by atoms with Crippen molar-refractivity contribution in [3.8, 4) is 11.5 Å². The van der Waals surface area contributed by atoms with Crippen LogP contribution in [0.4, 0.5) is 0 Å². The van der Waals surface area contributed by atoms with Crippen LogP contribution in [0, 0.1) is 0 Å². The summed E-state index contributed by atoms with van der Waals surface area (Å²) in [6.07, 6.45) is 5.45. The number of rotatable bonds is 9. The summed E-state index contributed by atoms with van der Waals surface area (Å²) in [5, 5.41) is 3.04. The van der Waals surface area contributed by atoms with E-state index in [1.54, 1.807) is 13.2 Å².